The number of piperidine rings is 1. The number of hydrogen-bond acceptors (Lipinski definition) is 4. The van der Waals surface area contributed by atoms with E-state index in [2.05, 4.69) is 21.3 Å². The summed E-state index contributed by atoms with van der Waals surface area (Å²) in [5.41, 5.74) is 1.50. The molecule has 1 aliphatic carbocycles. The molecule has 0 atom stereocenters. The predicted molar refractivity (Wildman–Crippen MR) is 79.7 cm³/mol. The number of pyridine rings is 1. The first-order valence-electron chi connectivity index (χ1n) is 7.68. The molecule has 1 saturated heterocycles. The number of aromatic nitrogens is 1. The summed E-state index contributed by atoms with van der Waals surface area (Å²) >= 11 is 0. The molecule has 1 aliphatic heterocycles. The molecule has 5 nitrogen and oxygen atoms in total. The van der Waals surface area contributed by atoms with E-state index in [9.17, 15) is 4.79 Å². The van der Waals surface area contributed by atoms with Crippen LogP contribution in [0.2, 0.25) is 0 Å². The van der Waals surface area contributed by atoms with E-state index in [4.69, 9.17) is 5.26 Å². The molecule has 0 bridgehead atoms. The Morgan fingerprint density at radius 1 is 1.33 bits per heavy atom. The van der Waals surface area contributed by atoms with Gasteiger partial charge in [-0.3, -0.25) is 4.79 Å². The molecule has 1 aromatic rings. The van der Waals surface area contributed by atoms with E-state index in [-0.39, 0.29) is 11.8 Å². The first kappa shape index (κ1) is 13.9. The van der Waals surface area contributed by atoms with Crippen molar-refractivity contribution >= 4 is 11.6 Å². The monoisotopic (exact) mass is 284 g/mol. The van der Waals surface area contributed by atoms with Crippen LogP contribution in [0, 0.1) is 17.2 Å². The van der Waals surface area contributed by atoms with Crippen LogP contribution in [0.15, 0.2) is 18.3 Å². The van der Waals surface area contributed by atoms with Gasteiger partial charge in [-0.05, 0) is 37.8 Å². The summed E-state index contributed by atoms with van der Waals surface area (Å²) < 4.78 is 0. The highest BCUT2D eigenvalue weighted by atomic mass is 16.2. The highest BCUT2D eigenvalue weighted by Crippen LogP contribution is 2.27. The molecule has 2 aliphatic rings. The van der Waals surface area contributed by atoms with Gasteiger partial charge in [0, 0.05) is 36.9 Å². The topological polar surface area (TPSA) is 69.0 Å². The van der Waals surface area contributed by atoms with E-state index in [1.165, 1.54) is 6.42 Å². The van der Waals surface area contributed by atoms with Gasteiger partial charge in [0.25, 0.3) is 0 Å². The lowest BCUT2D eigenvalue weighted by Crippen LogP contribution is -2.47. The Kier molecular flexibility index (Phi) is 4.05. The maximum absolute atomic E-state index is 12.0. The molecule has 0 aromatic carbocycles. The van der Waals surface area contributed by atoms with Crippen molar-refractivity contribution in [3.8, 4) is 6.07 Å². The van der Waals surface area contributed by atoms with E-state index < -0.39 is 0 Å². The summed E-state index contributed by atoms with van der Waals surface area (Å²) in [4.78, 5) is 18.2. The van der Waals surface area contributed by atoms with Gasteiger partial charge in [-0.15, -0.1) is 0 Å². The van der Waals surface area contributed by atoms with Crippen molar-refractivity contribution < 1.29 is 4.79 Å². The third kappa shape index (κ3) is 3.15. The Hall–Kier alpha value is -2.09. The van der Waals surface area contributed by atoms with Crippen molar-refractivity contribution in [3.63, 3.8) is 0 Å². The van der Waals surface area contributed by atoms with Crippen LogP contribution in [0.1, 0.15) is 37.8 Å². The Balaban J connectivity index is 1.52. The lowest BCUT2D eigenvalue weighted by molar-refractivity contribution is -0.128. The third-order valence-corrected chi connectivity index (χ3v) is 4.54. The summed E-state index contributed by atoms with van der Waals surface area (Å²) in [5, 5.41) is 12.1. The normalized spacial score (nSPS) is 19.7. The Morgan fingerprint density at radius 3 is 2.71 bits per heavy atom. The number of anilines is 1. The highest BCUT2D eigenvalue weighted by Gasteiger charge is 2.28. The SMILES string of the molecule is N#Cc1cc(N2CCC(NC(=O)C3CCC3)CC2)ccn1. The molecule has 0 unspecified atom stereocenters. The summed E-state index contributed by atoms with van der Waals surface area (Å²) in [7, 11) is 0. The van der Waals surface area contributed by atoms with Gasteiger partial charge >= 0.3 is 0 Å². The van der Waals surface area contributed by atoms with Gasteiger partial charge in [0.2, 0.25) is 5.91 Å². The van der Waals surface area contributed by atoms with Gasteiger partial charge in [-0.2, -0.15) is 5.26 Å². The fraction of sp³-hybridized carbons (Fsp3) is 0.562. The lowest BCUT2D eigenvalue weighted by Gasteiger charge is -2.35. The van der Waals surface area contributed by atoms with Crippen LogP contribution in [-0.4, -0.2) is 30.0 Å². The van der Waals surface area contributed by atoms with Gasteiger partial charge in [0.15, 0.2) is 0 Å². The molecule has 1 amide bonds. The fourth-order valence-electron chi connectivity index (χ4n) is 2.95. The van der Waals surface area contributed by atoms with Crippen molar-refractivity contribution in [1.82, 2.24) is 10.3 Å². The molecule has 2 heterocycles. The predicted octanol–water partition coefficient (Wildman–Crippen LogP) is 1.84. The molecule has 0 radical (unpaired) electrons. The van der Waals surface area contributed by atoms with E-state index in [0.29, 0.717) is 11.7 Å². The largest absolute Gasteiger partial charge is 0.371 e. The lowest BCUT2D eigenvalue weighted by atomic mass is 9.84. The molecule has 1 aromatic heterocycles. The summed E-state index contributed by atoms with van der Waals surface area (Å²) in [6.07, 6.45) is 6.90. The van der Waals surface area contributed by atoms with E-state index in [1.807, 2.05) is 12.1 Å². The van der Waals surface area contributed by atoms with Crippen LogP contribution in [0.4, 0.5) is 5.69 Å². The van der Waals surface area contributed by atoms with Gasteiger partial charge < -0.3 is 10.2 Å². The maximum atomic E-state index is 12.0. The summed E-state index contributed by atoms with van der Waals surface area (Å²) in [6.45, 7) is 1.81. The molecular weight excluding hydrogens is 264 g/mol. The highest BCUT2D eigenvalue weighted by molar-refractivity contribution is 5.79. The number of carbonyl (C=O) groups excluding carboxylic acids is 1. The third-order valence-electron chi connectivity index (χ3n) is 4.54. The molecule has 3 rings (SSSR count). The van der Waals surface area contributed by atoms with Crippen molar-refractivity contribution in [2.75, 3.05) is 18.0 Å². The second-order valence-electron chi connectivity index (χ2n) is 5.91. The van der Waals surface area contributed by atoms with Gasteiger partial charge in [-0.25, -0.2) is 4.98 Å². The first-order valence-corrected chi connectivity index (χ1v) is 7.68. The van der Waals surface area contributed by atoms with Crippen LogP contribution in [0.3, 0.4) is 0 Å². The van der Waals surface area contributed by atoms with Crippen molar-refractivity contribution in [1.29, 1.82) is 5.26 Å². The number of carbonyl (C=O) groups is 1. The zero-order chi connectivity index (χ0) is 14.7. The number of rotatable bonds is 3. The number of nitrogens with one attached hydrogen (secondary N) is 1. The Morgan fingerprint density at radius 2 is 2.10 bits per heavy atom. The van der Waals surface area contributed by atoms with E-state index >= 15 is 0 Å². The number of nitrogens with zero attached hydrogens (tertiary/aromatic N) is 3. The quantitative estimate of drug-likeness (QED) is 0.919. The van der Waals surface area contributed by atoms with E-state index in [1.54, 1.807) is 6.20 Å². The molecule has 110 valence electrons. The van der Waals surface area contributed by atoms with Crippen LogP contribution >= 0.6 is 0 Å². The minimum Gasteiger partial charge on any atom is -0.371 e. The zero-order valence-corrected chi connectivity index (χ0v) is 12.1. The minimum absolute atomic E-state index is 0.246. The maximum Gasteiger partial charge on any atom is 0.223 e. The van der Waals surface area contributed by atoms with Gasteiger partial charge in [0.1, 0.15) is 11.8 Å². The molecule has 2 fully saturated rings. The average Bonchev–Trinajstić information content (AvgIpc) is 2.46. The molecular formula is C16H20N4O. The standard InChI is InChI=1S/C16H20N4O/c17-11-14-10-15(4-7-18-14)20-8-5-13(6-9-20)19-16(21)12-2-1-3-12/h4,7,10,12-13H,1-3,5-6,8-9H2,(H,19,21). The summed E-state index contributed by atoms with van der Waals surface area (Å²) in [5.74, 6) is 0.511. The van der Waals surface area contributed by atoms with Crippen molar-refractivity contribution in [2.45, 2.75) is 38.1 Å². The zero-order valence-electron chi connectivity index (χ0n) is 12.1. The first-order chi connectivity index (χ1) is 10.3. The second-order valence-corrected chi connectivity index (χ2v) is 5.91. The number of hydrogen-bond donors (Lipinski definition) is 1. The minimum atomic E-state index is 0.246. The second kappa shape index (κ2) is 6.13. The van der Waals surface area contributed by atoms with Gasteiger partial charge in [-0.1, -0.05) is 6.42 Å². The van der Waals surface area contributed by atoms with Crippen molar-refractivity contribution in [2.24, 2.45) is 5.92 Å². The molecule has 21 heavy (non-hydrogen) atoms. The molecule has 5 heteroatoms. The van der Waals surface area contributed by atoms with Crippen LogP contribution in [0.25, 0.3) is 0 Å². The Bertz CT molecular complexity index is 554. The molecule has 0 spiro atoms. The smallest absolute Gasteiger partial charge is 0.223 e. The van der Waals surface area contributed by atoms with Crippen molar-refractivity contribution in [3.05, 3.63) is 24.0 Å². The van der Waals surface area contributed by atoms with Crippen LogP contribution in [-0.2, 0) is 4.79 Å². The van der Waals surface area contributed by atoms with Crippen LogP contribution < -0.4 is 10.2 Å². The Labute approximate surface area is 125 Å². The number of nitriles is 1. The summed E-state index contributed by atoms with van der Waals surface area (Å²) in [6, 6.07) is 6.13. The van der Waals surface area contributed by atoms with Crippen LogP contribution in [0.5, 0.6) is 0 Å². The van der Waals surface area contributed by atoms with Gasteiger partial charge in [0.05, 0.1) is 0 Å². The molecule has 1 saturated carbocycles. The van der Waals surface area contributed by atoms with E-state index in [0.717, 1.165) is 44.5 Å². The molecule has 1 N–H and O–H groups in total. The number of amides is 1. The average molecular weight is 284 g/mol. The fourth-order valence-corrected chi connectivity index (χ4v) is 2.95.